The van der Waals surface area contributed by atoms with Crippen LogP contribution in [0.5, 0.6) is 0 Å². The zero-order valence-corrected chi connectivity index (χ0v) is 12.6. The number of carbonyl (C=O) groups is 1. The fourth-order valence-electron chi connectivity index (χ4n) is 1.35. The normalized spacial score (nSPS) is 12.3. The maximum absolute atomic E-state index is 11.8. The molecule has 0 aliphatic carbocycles. The quantitative estimate of drug-likeness (QED) is 0.805. The first kappa shape index (κ1) is 14.3. The maximum atomic E-state index is 11.8. The van der Waals surface area contributed by atoms with Crippen molar-refractivity contribution in [1.29, 1.82) is 0 Å². The summed E-state index contributed by atoms with van der Waals surface area (Å²) in [6.45, 7) is 6.75. The zero-order valence-electron chi connectivity index (χ0n) is 10.5. The zero-order chi connectivity index (χ0) is 12.8. The minimum atomic E-state index is -0.216. The standard InChI is InChI=1S/C13H19IN2O/c1-9(2)8-15-13(17)10(3)16-12-6-4-5-11(14)7-12/h4-7,9-10,16H,8H2,1-3H3,(H,15,17). The van der Waals surface area contributed by atoms with Crippen molar-refractivity contribution in [3.63, 3.8) is 0 Å². The van der Waals surface area contributed by atoms with Crippen molar-refractivity contribution in [2.45, 2.75) is 26.8 Å². The Morgan fingerprint density at radius 2 is 2.06 bits per heavy atom. The molecule has 0 fully saturated rings. The fourth-order valence-corrected chi connectivity index (χ4v) is 1.89. The van der Waals surface area contributed by atoms with Gasteiger partial charge in [0.05, 0.1) is 0 Å². The summed E-state index contributed by atoms with van der Waals surface area (Å²) in [6, 6.07) is 7.77. The lowest BCUT2D eigenvalue weighted by Gasteiger charge is -2.16. The molecule has 1 aromatic carbocycles. The molecule has 4 heteroatoms. The Kier molecular flexibility index (Phi) is 5.74. The Morgan fingerprint density at radius 1 is 1.35 bits per heavy atom. The highest BCUT2D eigenvalue weighted by Crippen LogP contribution is 2.13. The third kappa shape index (κ3) is 5.39. The van der Waals surface area contributed by atoms with Crippen molar-refractivity contribution in [2.24, 2.45) is 5.92 Å². The highest BCUT2D eigenvalue weighted by atomic mass is 127. The van der Waals surface area contributed by atoms with Gasteiger partial charge < -0.3 is 10.6 Å². The van der Waals surface area contributed by atoms with E-state index in [2.05, 4.69) is 47.1 Å². The molecule has 0 saturated heterocycles. The molecule has 0 radical (unpaired) electrons. The van der Waals surface area contributed by atoms with Crippen molar-refractivity contribution in [3.8, 4) is 0 Å². The molecule has 1 unspecified atom stereocenters. The molecule has 1 atom stereocenters. The average molecular weight is 346 g/mol. The topological polar surface area (TPSA) is 41.1 Å². The highest BCUT2D eigenvalue weighted by Gasteiger charge is 2.12. The number of rotatable bonds is 5. The molecule has 17 heavy (non-hydrogen) atoms. The minimum absolute atomic E-state index is 0.0394. The van der Waals surface area contributed by atoms with Crippen LogP contribution in [0, 0.1) is 9.49 Å². The third-order valence-electron chi connectivity index (χ3n) is 2.29. The van der Waals surface area contributed by atoms with Crippen LogP contribution in [0.4, 0.5) is 5.69 Å². The molecule has 0 aromatic heterocycles. The van der Waals surface area contributed by atoms with Crippen LogP contribution in [0.25, 0.3) is 0 Å². The Balaban J connectivity index is 2.48. The number of amides is 1. The van der Waals surface area contributed by atoms with E-state index in [-0.39, 0.29) is 11.9 Å². The van der Waals surface area contributed by atoms with Gasteiger partial charge in [-0.15, -0.1) is 0 Å². The highest BCUT2D eigenvalue weighted by molar-refractivity contribution is 14.1. The van der Waals surface area contributed by atoms with Crippen molar-refractivity contribution in [1.82, 2.24) is 5.32 Å². The SMILES string of the molecule is CC(C)CNC(=O)C(C)Nc1cccc(I)c1. The first-order chi connectivity index (χ1) is 7.99. The molecule has 0 bridgehead atoms. The van der Waals surface area contributed by atoms with E-state index in [1.807, 2.05) is 31.2 Å². The molecule has 0 aliphatic rings. The van der Waals surface area contributed by atoms with Gasteiger partial charge in [0.25, 0.3) is 0 Å². The molecule has 2 N–H and O–H groups in total. The van der Waals surface area contributed by atoms with E-state index in [0.717, 1.165) is 15.8 Å². The largest absolute Gasteiger partial charge is 0.374 e. The lowest BCUT2D eigenvalue weighted by atomic mass is 10.2. The molecule has 0 spiro atoms. The van der Waals surface area contributed by atoms with Gasteiger partial charge in [-0.3, -0.25) is 4.79 Å². The van der Waals surface area contributed by atoms with Gasteiger partial charge in [0.2, 0.25) is 5.91 Å². The van der Waals surface area contributed by atoms with Crippen LogP contribution < -0.4 is 10.6 Å². The number of hydrogen-bond donors (Lipinski definition) is 2. The summed E-state index contributed by atoms with van der Waals surface area (Å²) in [6.07, 6.45) is 0. The van der Waals surface area contributed by atoms with Crippen LogP contribution in [0.15, 0.2) is 24.3 Å². The van der Waals surface area contributed by atoms with E-state index < -0.39 is 0 Å². The molecule has 3 nitrogen and oxygen atoms in total. The van der Waals surface area contributed by atoms with Gasteiger partial charge in [-0.25, -0.2) is 0 Å². The Labute approximate surface area is 117 Å². The van der Waals surface area contributed by atoms with E-state index in [9.17, 15) is 4.79 Å². The van der Waals surface area contributed by atoms with Crippen LogP contribution in [-0.2, 0) is 4.79 Å². The second-order valence-electron chi connectivity index (χ2n) is 4.52. The van der Waals surface area contributed by atoms with Gasteiger partial charge >= 0.3 is 0 Å². The van der Waals surface area contributed by atoms with Crippen LogP contribution in [0.3, 0.4) is 0 Å². The summed E-state index contributed by atoms with van der Waals surface area (Å²) in [5.74, 6) is 0.515. The maximum Gasteiger partial charge on any atom is 0.242 e. The molecule has 0 aliphatic heterocycles. The summed E-state index contributed by atoms with van der Waals surface area (Å²) in [7, 11) is 0. The molecule has 1 amide bonds. The molecule has 1 aromatic rings. The monoisotopic (exact) mass is 346 g/mol. The van der Waals surface area contributed by atoms with Gasteiger partial charge in [0.15, 0.2) is 0 Å². The summed E-state index contributed by atoms with van der Waals surface area (Å²) < 4.78 is 1.15. The van der Waals surface area contributed by atoms with E-state index >= 15 is 0 Å². The Morgan fingerprint density at radius 3 is 2.65 bits per heavy atom. The number of carbonyl (C=O) groups excluding carboxylic acids is 1. The van der Waals surface area contributed by atoms with E-state index in [4.69, 9.17) is 0 Å². The number of hydrogen-bond acceptors (Lipinski definition) is 2. The number of anilines is 1. The molecule has 0 heterocycles. The summed E-state index contributed by atoms with van der Waals surface area (Å²) in [4.78, 5) is 11.8. The number of nitrogens with one attached hydrogen (secondary N) is 2. The summed E-state index contributed by atoms with van der Waals surface area (Å²) >= 11 is 2.25. The van der Waals surface area contributed by atoms with E-state index in [1.165, 1.54) is 0 Å². The predicted octanol–water partition coefficient (Wildman–Crippen LogP) is 2.86. The van der Waals surface area contributed by atoms with Crippen LogP contribution in [0.2, 0.25) is 0 Å². The number of halogens is 1. The van der Waals surface area contributed by atoms with E-state index in [1.54, 1.807) is 0 Å². The molecular formula is C13H19IN2O. The minimum Gasteiger partial charge on any atom is -0.374 e. The van der Waals surface area contributed by atoms with Crippen molar-refractivity contribution < 1.29 is 4.79 Å². The van der Waals surface area contributed by atoms with Gasteiger partial charge in [-0.1, -0.05) is 19.9 Å². The van der Waals surface area contributed by atoms with Crippen molar-refractivity contribution >= 4 is 34.2 Å². The van der Waals surface area contributed by atoms with Gasteiger partial charge in [-0.05, 0) is 53.6 Å². The van der Waals surface area contributed by atoms with Crippen molar-refractivity contribution in [3.05, 3.63) is 27.8 Å². The second-order valence-corrected chi connectivity index (χ2v) is 5.76. The van der Waals surface area contributed by atoms with Crippen LogP contribution in [0.1, 0.15) is 20.8 Å². The first-order valence-electron chi connectivity index (χ1n) is 5.79. The summed E-state index contributed by atoms with van der Waals surface area (Å²) in [5, 5.41) is 6.10. The molecule has 94 valence electrons. The molecule has 0 saturated carbocycles. The van der Waals surface area contributed by atoms with Gasteiger partial charge in [0, 0.05) is 15.8 Å². The van der Waals surface area contributed by atoms with Crippen LogP contribution in [-0.4, -0.2) is 18.5 Å². The van der Waals surface area contributed by atoms with E-state index in [0.29, 0.717) is 5.92 Å². The predicted molar refractivity (Wildman–Crippen MR) is 80.1 cm³/mol. The average Bonchev–Trinajstić information content (AvgIpc) is 2.25. The van der Waals surface area contributed by atoms with Crippen LogP contribution >= 0.6 is 22.6 Å². The third-order valence-corrected chi connectivity index (χ3v) is 2.96. The lowest BCUT2D eigenvalue weighted by molar-refractivity contribution is -0.121. The Bertz CT molecular complexity index is 379. The molecular weight excluding hydrogens is 327 g/mol. The molecule has 1 rings (SSSR count). The lowest BCUT2D eigenvalue weighted by Crippen LogP contribution is -2.39. The first-order valence-corrected chi connectivity index (χ1v) is 6.86. The smallest absolute Gasteiger partial charge is 0.242 e. The fraction of sp³-hybridized carbons (Fsp3) is 0.462. The second kappa shape index (κ2) is 6.83. The Hall–Kier alpha value is -0.780. The van der Waals surface area contributed by atoms with Crippen molar-refractivity contribution in [2.75, 3.05) is 11.9 Å². The number of benzene rings is 1. The van der Waals surface area contributed by atoms with Gasteiger partial charge in [-0.2, -0.15) is 0 Å². The van der Waals surface area contributed by atoms with Gasteiger partial charge in [0.1, 0.15) is 6.04 Å². The summed E-state index contributed by atoms with van der Waals surface area (Å²) in [5.41, 5.74) is 0.976.